The number of benzene rings is 1. The largest absolute Gasteiger partial charge is 0.496 e. The first-order valence-electron chi connectivity index (χ1n) is 5.97. The average molecular weight is 285 g/mol. The molecule has 0 amide bonds. The number of hydrogen-bond donors (Lipinski definition) is 0. The first kappa shape index (κ1) is 14.3. The second kappa shape index (κ2) is 5.88. The van der Waals surface area contributed by atoms with Gasteiger partial charge < -0.3 is 9.30 Å². The molecule has 2 aromatic rings. The third kappa shape index (κ3) is 2.90. The van der Waals surface area contributed by atoms with Crippen molar-refractivity contribution in [1.82, 2.24) is 4.57 Å². The number of aromatic nitrogens is 1. The standard InChI is InChI=1S/C14H11N3O4/c1-21-13-5-4-12(17(19)20)7-11(13)9-16-6-2-3-10(8-15)14(16)18/h2-7H,9H2,1H3. The van der Waals surface area contributed by atoms with Gasteiger partial charge in [0.2, 0.25) is 0 Å². The zero-order chi connectivity index (χ0) is 15.4. The van der Waals surface area contributed by atoms with Crippen LogP contribution in [-0.2, 0) is 6.54 Å². The molecule has 7 nitrogen and oxygen atoms in total. The number of nitriles is 1. The highest BCUT2D eigenvalue weighted by Gasteiger charge is 2.13. The number of pyridine rings is 1. The summed E-state index contributed by atoms with van der Waals surface area (Å²) in [5.41, 5.74) is -0.0327. The van der Waals surface area contributed by atoms with Gasteiger partial charge >= 0.3 is 0 Å². The van der Waals surface area contributed by atoms with Crippen LogP contribution in [0.1, 0.15) is 11.1 Å². The lowest BCUT2D eigenvalue weighted by molar-refractivity contribution is -0.384. The molecule has 106 valence electrons. The smallest absolute Gasteiger partial charge is 0.270 e. The number of methoxy groups -OCH3 is 1. The number of nitro groups is 1. The van der Waals surface area contributed by atoms with Crippen molar-refractivity contribution in [3.8, 4) is 11.8 Å². The summed E-state index contributed by atoms with van der Waals surface area (Å²) in [5, 5.41) is 19.7. The van der Waals surface area contributed by atoms with Gasteiger partial charge in [0.25, 0.3) is 11.2 Å². The number of ether oxygens (including phenoxy) is 1. The summed E-state index contributed by atoms with van der Waals surface area (Å²) < 4.78 is 6.45. The van der Waals surface area contributed by atoms with Gasteiger partial charge in [-0.05, 0) is 18.2 Å². The Kier molecular flexibility index (Phi) is 4.00. The summed E-state index contributed by atoms with van der Waals surface area (Å²) in [7, 11) is 1.44. The number of rotatable bonds is 4. The molecule has 0 atom stereocenters. The highest BCUT2D eigenvalue weighted by molar-refractivity contribution is 5.44. The molecule has 0 spiro atoms. The number of hydrogen-bond acceptors (Lipinski definition) is 5. The SMILES string of the molecule is COc1ccc([N+](=O)[O-])cc1Cn1cccc(C#N)c1=O. The van der Waals surface area contributed by atoms with E-state index in [1.807, 2.05) is 0 Å². The van der Waals surface area contributed by atoms with Gasteiger partial charge in [-0.1, -0.05) is 0 Å². The fourth-order valence-electron chi connectivity index (χ4n) is 1.93. The van der Waals surface area contributed by atoms with Gasteiger partial charge in [0.1, 0.15) is 17.4 Å². The van der Waals surface area contributed by atoms with E-state index in [1.54, 1.807) is 12.1 Å². The minimum atomic E-state index is -0.516. The summed E-state index contributed by atoms with van der Waals surface area (Å²) in [6, 6.07) is 8.96. The van der Waals surface area contributed by atoms with E-state index in [0.29, 0.717) is 11.3 Å². The van der Waals surface area contributed by atoms with Crippen molar-refractivity contribution in [2.75, 3.05) is 7.11 Å². The van der Waals surface area contributed by atoms with Crippen molar-refractivity contribution in [3.05, 3.63) is 68.1 Å². The molecule has 1 aromatic carbocycles. The molecule has 0 saturated heterocycles. The van der Waals surface area contributed by atoms with Crippen molar-refractivity contribution in [3.63, 3.8) is 0 Å². The van der Waals surface area contributed by atoms with Crippen molar-refractivity contribution in [2.45, 2.75) is 6.54 Å². The van der Waals surface area contributed by atoms with Crippen LogP contribution in [0.3, 0.4) is 0 Å². The van der Waals surface area contributed by atoms with E-state index in [0.717, 1.165) is 0 Å². The zero-order valence-electron chi connectivity index (χ0n) is 11.1. The maximum Gasteiger partial charge on any atom is 0.270 e. The van der Waals surface area contributed by atoms with Gasteiger partial charge in [-0.2, -0.15) is 5.26 Å². The highest BCUT2D eigenvalue weighted by Crippen LogP contribution is 2.24. The molecule has 2 rings (SSSR count). The number of nitro benzene ring substituents is 1. The van der Waals surface area contributed by atoms with Gasteiger partial charge in [-0.25, -0.2) is 0 Å². The molecule has 0 unspecified atom stereocenters. The number of non-ortho nitro benzene ring substituents is 1. The van der Waals surface area contributed by atoms with Crippen LogP contribution in [0.4, 0.5) is 5.69 Å². The third-order valence-corrected chi connectivity index (χ3v) is 2.96. The van der Waals surface area contributed by atoms with Gasteiger partial charge in [-0.15, -0.1) is 0 Å². The monoisotopic (exact) mass is 285 g/mol. The molecular weight excluding hydrogens is 274 g/mol. The van der Waals surface area contributed by atoms with E-state index >= 15 is 0 Å². The molecule has 0 bridgehead atoms. The molecule has 0 aliphatic heterocycles. The summed E-state index contributed by atoms with van der Waals surface area (Å²) >= 11 is 0. The van der Waals surface area contributed by atoms with Crippen LogP contribution in [0.5, 0.6) is 5.75 Å². The fraction of sp³-hybridized carbons (Fsp3) is 0.143. The Morgan fingerprint density at radius 3 is 2.81 bits per heavy atom. The van der Waals surface area contributed by atoms with Crippen LogP contribution in [0, 0.1) is 21.4 Å². The molecule has 1 heterocycles. The normalized spacial score (nSPS) is 9.90. The first-order valence-corrected chi connectivity index (χ1v) is 5.97. The minimum Gasteiger partial charge on any atom is -0.496 e. The first-order chi connectivity index (χ1) is 10.1. The van der Waals surface area contributed by atoms with Gasteiger partial charge in [0.15, 0.2) is 0 Å². The van der Waals surface area contributed by atoms with E-state index in [4.69, 9.17) is 10.00 Å². The van der Waals surface area contributed by atoms with Crippen LogP contribution in [0.2, 0.25) is 0 Å². The molecule has 21 heavy (non-hydrogen) atoms. The Morgan fingerprint density at radius 1 is 1.43 bits per heavy atom. The molecule has 0 aliphatic rings. The Bertz CT molecular complexity index is 790. The summed E-state index contributed by atoms with van der Waals surface area (Å²) in [6.45, 7) is 0.0825. The second-order valence-electron chi connectivity index (χ2n) is 4.22. The van der Waals surface area contributed by atoms with E-state index in [9.17, 15) is 14.9 Å². The quantitative estimate of drug-likeness (QED) is 0.628. The van der Waals surface area contributed by atoms with Gasteiger partial charge in [0, 0.05) is 23.9 Å². The molecule has 0 N–H and O–H groups in total. The molecular formula is C14H11N3O4. The highest BCUT2D eigenvalue weighted by atomic mass is 16.6. The van der Waals surface area contributed by atoms with E-state index in [2.05, 4.69) is 0 Å². The average Bonchev–Trinajstić information content (AvgIpc) is 2.49. The Hall–Kier alpha value is -3.14. The molecule has 0 fully saturated rings. The summed E-state index contributed by atoms with van der Waals surface area (Å²) in [6.07, 6.45) is 1.52. The topological polar surface area (TPSA) is 98.2 Å². The molecule has 1 aromatic heterocycles. The number of nitrogens with zero attached hydrogens (tertiary/aromatic N) is 3. The summed E-state index contributed by atoms with van der Waals surface area (Å²) in [4.78, 5) is 22.3. The third-order valence-electron chi connectivity index (χ3n) is 2.96. The van der Waals surface area contributed by atoms with Gasteiger partial charge in [-0.3, -0.25) is 14.9 Å². The van der Waals surface area contributed by atoms with Crippen molar-refractivity contribution in [2.24, 2.45) is 0 Å². The molecule has 0 saturated carbocycles. The predicted octanol–water partition coefficient (Wildman–Crippen LogP) is 1.69. The molecule has 7 heteroatoms. The Labute approximate surface area is 119 Å². The minimum absolute atomic E-state index is 0.0156. The second-order valence-corrected chi connectivity index (χ2v) is 4.22. The Morgan fingerprint density at radius 2 is 2.19 bits per heavy atom. The lowest BCUT2D eigenvalue weighted by atomic mass is 10.1. The molecule has 0 aliphatic carbocycles. The van der Waals surface area contributed by atoms with E-state index < -0.39 is 10.5 Å². The van der Waals surface area contributed by atoms with Crippen molar-refractivity contribution >= 4 is 5.69 Å². The maximum atomic E-state index is 12.0. The predicted molar refractivity (Wildman–Crippen MR) is 74.2 cm³/mol. The van der Waals surface area contributed by atoms with Crippen LogP contribution in [0.15, 0.2) is 41.3 Å². The fourth-order valence-corrected chi connectivity index (χ4v) is 1.93. The molecule has 0 radical (unpaired) electrons. The summed E-state index contributed by atoms with van der Waals surface area (Å²) in [5.74, 6) is 0.440. The van der Waals surface area contributed by atoms with E-state index in [1.165, 1.54) is 42.1 Å². The zero-order valence-corrected chi connectivity index (χ0v) is 11.1. The van der Waals surface area contributed by atoms with E-state index in [-0.39, 0.29) is 17.8 Å². The van der Waals surface area contributed by atoms with Crippen LogP contribution >= 0.6 is 0 Å². The maximum absolute atomic E-state index is 12.0. The van der Waals surface area contributed by atoms with Crippen LogP contribution in [-0.4, -0.2) is 16.6 Å². The lowest BCUT2D eigenvalue weighted by Gasteiger charge is -2.10. The van der Waals surface area contributed by atoms with Crippen molar-refractivity contribution < 1.29 is 9.66 Å². The lowest BCUT2D eigenvalue weighted by Crippen LogP contribution is -2.22. The van der Waals surface area contributed by atoms with Crippen LogP contribution in [0.25, 0.3) is 0 Å². The van der Waals surface area contributed by atoms with Gasteiger partial charge in [0.05, 0.1) is 18.6 Å². The van der Waals surface area contributed by atoms with Crippen molar-refractivity contribution in [1.29, 1.82) is 5.26 Å². The van der Waals surface area contributed by atoms with Crippen LogP contribution < -0.4 is 10.3 Å². The Balaban J connectivity index is 2.48.